The van der Waals surface area contributed by atoms with E-state index in [4.69, 9.17) is 9.72 Å². The van der Waals surface area contributed by atoms with Crippen molar-refractivity contribution < 1.29 is 14.3 Å². The number of rotatable bonds is 6. The topological polar surface area (TPSA) is 71.5 Å². The first kappa shape index (κ1) is 22.0. The van der Waals surface area contributed by atoms with Gasteiger partial charge in [-0.1, -0.05) is 24.6 Å². The highest BCUT2D eigenvalue weighted by atomic mass is 32.1. The minimum absolute atomic E-state index is 0.0888. The molecule has 7 heteroatoms. The number of ether oxygens (including phenoxy) is 1. The van der Waals surface area contributed by atoms with Crippen LogP contribution in [-0.2, 0) is 16.0 Å². The van der Waals surface area contributed by atoms with Crippen LogP contribution in [0.5, 0.6) is 5.75 Å². The number of carbonyl (C=O) groups excluding carboxylic acids is 2. The molecule has 0 radical (unpaired) electrons. The van der Waals surface area contributed by atoms with E-state index < -0.39 is 6.10 Å². The monoisotopic (exact) mass is 449 g/mol. The molecule has 6 nitrogen and oxygen atoms in total. The largest absolute Gasteiger partial charge is 0.479 e. The second-order valence-corrected chi connectivity index (χ2v) is 9.05. The Kier molecular flexibility index (Phi) is 6.28. The maximum Gasteiger partial charge on any atom is 0.268 e. The van der Waals surface area contributed by atoms with Crippen LogP contribution in [0.3, 0.4) is 0 Å². The summed E-state index contributed by atoms with van der Waals surface area (Å²) in [5, 5.41) is 6.04. The van der Waals surface area contributed by atoms with Gasteiger partial charge in [-0.3, -0.25) is 14.5 Å². The van der Waals surface area contributed by atoms with Crippen LogP contribution in [-0.4, -0.2) is 29.4 Å². The Morgan fingerprint density at radius 2 is 2.03 bits per heavy atom. The standard InChI is InChI=1S/C25H27N3O3S/c1-5-6-24-27-20(14-32-24)18-8-10-22-21(12-18)28(25(30)17(4)31-22)13-23(29)26-19-9-7-15(2)11-16(19)3/h7-12,14,17H,5-6,13H2,1-4H3,(H,26,29). The minimum atomic E-state index is -0.655. The van der Waals surface area contributed by atoms with Gasteiger partial charge in [0.05, 0.1) is 16.4 Å². The molecule has 0 fully saturated rings. The second-order valence-electron chi connectivity index (χ2n) is 8.11. The van der Waals surface area contributed by atoms with Crippen molar-refractivity contribution in [2.24, 2.45) is 0 Å². The van der Waals surface area contributed by atoms with E-state index in [1.807, 2.05) is 55.6 Å². The number of aromatic nitrogens is 1. The molecule has 4 rings (SSSR count). The molecule has 3 aromatic rings. The number of carbonyl (C=O) groups is 2. The smallest absolute Gasteiger partial charge is 0.268 e. The van der Waals surface area contributed by atoms with Gasteiger partial charge in [-0.25, -0.2) is 4.98 Å². The SMILES string of the molecule is CCCc1nc(-c2ccc3c(c2)N(CC(=O)Nc2ccc(C)cc2C)C(=O)C(C)O3)cs1. The molecule has 1 unspecified atom stereocenters. The second kappa shape index (κ2) is 9.12. The first-order chi connectivity index (χ1) is 15.4. The van der Waals surface area contributed by atoms with Crippen LogP contribution in [0, 0.1) is 13.8 Å². The number of aryl methyl sites for hydroxylation is 3. The molecular formula is C25H27N3O3S. The first-order valence-corrected chi connectivity index (χ1v) is 11.7. The molecule has 0 saturated carbocycles. The number of fused-ring (bicyclic) bond motifs is 1. The molecular weight excluding hydrogens is 422 g/mol. The van der Waals surface area contributed by atoms with Gasteiger partial charge in [0.1, 0.15) is 12.3 Å². The zero-order valence-corrected chi connectivity index (χ0v) is 19.6. The predicted octanol–water partition coefficient (Wildman–Crippen LogP) is 5.13. The van der Waals surface area contributed by atoms with Gasteiger partial charge in [0.25, 0.3) is 5.91 Å². The van der Waals surface area contributed by atoms with E-state index in [-0.39, 0.29) is 18.4 Å². The Balaban J connectivity index is 1.60. The molecule has 166 valence electrons. The molecule has 1 aromatic heterocycles. The molecule has 0 spiro atoms. The molecule has 2 heterocycles. The number of amides is 2. The summed E-state index contributed by atoms with van der Waals surface area (Å²) in [6.07, 6.45) is 1.33. The van der Waals surface area contributed by atoms with Gasteiger partial charge >= 0.3 is 0 Å². The van der Waals surface area contributed by atoms with Gasteiger partial charge in [0.2, 0.25) is 5.91 Å². The highest BCUT2D eigenvalue weighted by Gasteiger charge is 2.33. The zero-order chi connectivity index (χ0) is 22.8. The average Bonchev–Trinajstić information content (AvgIpc) is 3.22. The summed E-state index contributed by atoms with van der Waals surface area (Å²) >= 11 is 1.64. The van der Waals surface area contributed by atoms with E-state index in [2.05, 4.69) is 12.2 Å². The van der Waals surface area contributed by atoms with Crippen molar-refractivity contribution in [2.45, 2.75) is 46.6 Å². The number of hydrogen-bond acceptors (Lipinski definition) is 5. The van der Waals surface area contributed by atoms with Crippen LogP contribution in [0.4, 0.5) is 11.4 Å². The summed E-state index contributed by atoms with van der Waals surface area (Å²) in [5.41, 5.74) is 5.21. The third-order valence-corrected chi connectivity index (χ3v) is 6.34. The number of benzene rings is 2. The Bertz CT molecular complexity index is 1170. The van der Waals surface area contributed by atoms with E-state index in [9.17, 15) is 9.59 Å². The lowest BCUT2D eigenvalue weighted by Crippen LogP contribution is -2.47. The van der Waals surface area contributed by atoms with Gasteiger partial charge in [-0.15, -0.1) is 11.3 Å². The van der Waals surface area contributed by atoms with Crippen molar-refractivity contribution in [3.63, 3.8) is 0 Å². The number of hydrogen-bond donors (Lipinski definition) is 1. The van der Waals surface area contributed by atoms with Crippen LogP contribution >= 0.6 is 11.3 Å². The lowest BCUT2D eigenvalue weighted by Gasteiger charge is -2.33. The quantitative estimate of drug-likeness (QED) is 0.566. The Morgan fingerprint density at radius 1 is 1.22 bits per heavy atom. The van der Waals surface area contributed by atoms with E-state index in [1.165, 1.54) is 4.90 Å². The molecule has 1 aliphatic heterocycles. The Labute approximate surface area is 192 Å². The molecule has 32 heavy (non-hydrogen) atoms. The number of thiazole rings is 1. The summed E-state index contributed by atoms with van der Waals surface area (Å²) in [7, 11) is 0. The van der Waals surface area contributed by atoms with Gasteiger partial charge in [-0.2, -0.15) is 0 Å². The molecule has 2 amide bonds. The Morgan fingerprint density at radius 3 is 2.78 bits per heavy atom. The van der Waals surface area contributed by atoms with Crippen LogP contribution in [0.1, 0.15) is 36.4 Å². The lowest BCUT2D eigenvalue weighted by atomic mass is 10.1. The van der Waals surface area contributed by atoms with Crippen molar-refractivity contribution in [1.82, 2.24) is 4.98 Å². The summed E-state index contributed by atoms with van der Waals surface area (Å²) in [4.78, 5) is 32.0. The minimum Gasteiger partial charge on any atom is -0.479 e. The molecule has 1 aliphatic rings. The highest BCUT2D eigenvalue weighted by Crippen LogP contribution is 2.38. The van der Waals surface area contributed by atoms with Crippen molar-refractivity contribution >= 4 is 34.5 Å². The van der Waals surface area contributed by atoms with Crippen molar-refractivity contribution in [2.75, 3.05) is 16.8 Å². The fourth-order valence-electron chi connectivity index (χ4n) is 3.79. The van der Waals surface area contributed by atoms with Crippen LogP contribution < -0.4 is 15.0 Å². The van der Waals surface area contributed by atoms with Gasteiger partial charge < -0.3 is 10.1 Å². The third kappa shape index (κ3) is 4.53. The van der Waals surface area contributed by atoms with Crippen molar-refractivity contribution in [1.29, 1.82) is 0 Å². The predicted molar refractivity (Wildman–Crippen MR) is 129 cm³/mol. The fourth-order valence-corrected chi connectivity index (χ4v) is 4.70. The molecule has 0 bridgehead atoms. The lowest BCUT2D eigenvalue weighted by molar-refractivity contribution is -0.127. The molecule has 0 aliphatic carbocycles. The number of nitrogens with zero attached hydrogens (tertiary/aromatic N) is 2. The van der Waals surface area contributed by atoms with Crippen molar-refractivity contribution in [3.05, 3.63) is 57.9 Å². The van der Waals surface area contributed by atoms with E-state index >= 15 is 0 Å². The average molecular weight is 450 g/mol. The maximum absolute atomic E-state index is 12.9. The summed E-state index contributed by atoms with van der Waals surface area (Å²) in [6, 6.07) is 11.5. The fraction of sp³-hybridized carbons (Fsp3) is 0.320. The van der Waals surface area contributed by atoms with Gasteiger partial charge in [0.15, 0.2) is 6.10 Å². The molecule has 2 aromatic carbocycles. The molecule has 1 atom stereocenters. The van der Waals surface area contributed by atoms with Crippen molar-refractivity contribution in [3.8, 4) is 17.0 Å². The van der Waals surface area contributed by atoms with Gasteiger partial charge in [-0.05, 0) is 63.4 Å². The van der Waals surface area contributed by atoms with Gasteiger partial charge in [0, 0.05) is 16.6 Å². The molecule has 0 saturated heterocycles. The molecule has 1 N–H and O–H groups in total. The van der Waals surface area contributed by atoms with E-state index in [1.54, 1.807) is 18.3 Å². The number of nitrogens with one attached hydrogen (secondary N) is 1. The van der Waals surface area contributed by atoms with Crippen LogP contribution in [0.25, 0.3) is 11.3 Å². The van der Waals surface area contributed by atoms with Crippen LogP contribution in [0.2, 0.25) is 0 Å². The highest BCUT2D eigenvalue weighted by molar-refractivity contribution is 7.09. The van der Waals surface area contributed by atoms with E-state index in [0.29, 0.717) is 11.4 Å². The van der Waals surface area contributed by atoms with Crippen LogP contribution in [0.15, 0.2) is 41.8 Å². The summed E-state index contributed by atoms with van der Waals surface area (Å²) < 4.78 is 5.80. The maximum atomic E-state index is 12.9. The van der Waals surface area contributed by atoms with E-state index in [0.717, 1.165) is 45.9 Å². The zero-order valence-electron chi connectivity index (χ0n) is 18.8. The Hall–Kier alpha value is -3.19. The first-order valence-electron chi connectivity index (χ1n) is 10.8. The third-order valence-electron chi connectivity index (χ3n) is 5.44. The normalized spacial score (nSPS) is 15.3. The summed E-state index contributed by atoms with van der Waals surface area (Å²) in [5.74, 6) is 0.0919. The summed E-state index contributed by atoms with van der Waals surface area (Å²) in [6.45, 7) is 7.70. The number of anilines is 2.